The van der Waals surface area contributed by atoms with Crippen LogP contribution >= 0.6 is 0 Å². The second-order valence-corrected chi connectivity index (χ2v) is 9.45. The lowest BCUT2D eigenvalue weighted by molar-refractivity contribution is -0.934. The van der Waals surface area contributed by atoms with Crippen LogP contribution in [0.15, 0.2) is 42.5 Å². The van der Waals surface area contributed by atoms with Gasteiger partial charge in [0.15, 0.2) is 12.1 Å². The summed E-state index contributed by atoms with van der Waals surface area (Å²) in [4.78, 5) is 39.1. The van der Waals surface area contributed by atoms with Crippen molar-refractivity contribution in [3.05, 3.63) is 59.2 Å². The molecule has 8 nitrogen and oxygen atoms in total. The van der Waals surface area contributed by atoms with Gasteiger partial charge in [0.1, 0.15) is 12.4 Å². The molecule has 0 unspecified atom stereocenters. The van der Waals surface area contributed by atoms with Crippen molar-refractivity contribution in [1.82, 2.24) is 0 Å². The fraction of sp³-hybridized carbons (Fsp3) is 0.444. The smallest absolute Gasteiger partial charge is 0.362 e. The van der Waals surface area contributed by atoms with Gasteiger partial charge in [0, 0.05) is 25.7 Å². The van der Waals surface area contributed by atoms with Crippen LogP contribution in [0.25, 0.3) is 0 Å². The lowest BCUT2D eigenvalue weighted by Crippen LogP contribution is -2.62. The third-order valence-corrected chi connectivity index (χ3v) is 7.34. The van der Waals surface area contributed by atoms with E-state index in [1.807, 2.05) is 37.3 Å². The summed E-state index contributed by atoms with van der Waals surface area (Å²) in [7, 11) is 2.82. The van der Waals surface area contributed by atoms with Gasteiger partial charge in [-0.3, -0.25) is 4.79 Å². The van der Waals surface area contributed by atoms with Crippen LogP contribution in [0.4, 0.5) is 5.69 Å². The predicted molar refractivity (Wildman–Crippen MR) is 130 cm³/mol. The molecule has 2 aromatic rings. The number of anilines is 1. The summed E-state index contributed by atoms with van der Waals surface area (Å²) in [6, 6.07) is 12.9. The van der Waals surface area contributed by atoms with E-state index in [-0.39, 0.29) is 30.6 Å². The Hall–Kier alpha value is -3.39. The fourth-order valence-corrected chi connectivity index (χ4v) is 5.28. The first-order chi connectivity index (χ1) is 16.8. The van der Waals surface area contributed by atoms with E-state index in [0.717, 1.165) is 31.5 Å². The first kappa shape index (κ1) is 24.7. The molecule has 0 atom stereocenters. The molecule has 2 aromatic carbocycles. The number of carbonyl (C=O) groups excluding carboxylic acids is 3. The van der Waals surface area contributed by atoms with Crippen LogP contribution < -0.4 is 10.1 Å². The normalized spacial score (nSPS) is 17.3. The summed E-state index contributed by atoms with van der Waals surface area (Å²) in [5.41, 5.74) is 1.58. The molecule has 0 spiro atoms. The van der Waals surface area contributed by atoms with Gasteiger partial charge in [0.05, 0.1) is 38.6 Å². The summed E-state index contributed by atoms with van der Waals surface area (Å²) in [5.74, 6) is -0.521. The van der Waals surface area contributed by atoms with Gasteiger partial charge in [-0.1, -0.05) is 30.3 Å². The van der Waals surface area contributed by atoms with E-state index < -0.39 is 11.5 Å². The largest absolute Gasteiger partial charge is 0.497 e. The van der Waals surface area contributed by atoms with Gasteiger partial charge in [-0.15, -0.1) is 0 Å². The molecule has 186 valence electrons. The molecule has 1 heterocycles. The van der Waals surface area contributed by atoms with Crippen LogP contribution in [-0.2, 0) is 25.7 Å². The molecule has 1 aliphatic heterocycles. The Morgan fingerprint density at radius 3 is 2.31 bits per heavy atom. The molecule has 35 heavy (non-hydrogen) atoms. The van der Waals surface area contributed by atoms with Gasteiger partial charge >= 0.3 is 11.9 Å². The summed E-state index contributed by atoms with van der Waals surface area (Å²) in [5, 5.41) is 3.02. The van der Waals surface area contributed by atoms with E-state index in [0.29, 0.717) is 34.3 Å². The lowest BCUT2D eigenvalue weighted by atomic mass is 10.0. The number of methoxy groups -OCH3 is 2. The topological polar surface area (TPSA) is 90.9 Å². The molecule has 2 fully saturated rings. The highest BCUT2D eigenvalue weighted by molar-refractivity contribution is 6.06. The fourth-order valence-electron chi connectivity index (χ4n) is 5.28. The number of nitrogens with one attached hydrogen (secondary N) is 1. The Balaban J connectivity index is 1.54. The Morgan fingerprint density at radius 2 is 1.71 bits per heavy atom. The minimum atomic E-state index is -0.706. The number of esters is 2. The number of likely N-dealkylation sites (tertiary alicyclic amines) is 1. The Labute approximate surface area is 205 Å². The third kappa shape index (κ3) is 4.89. The molecule has 1 saturated heterocycles. The zero-order valence-electron chi connectivity index (χ0n) is 20.6. The van der Waals surface area contributed by atoms with E-state index in [2.05, 4.69) is 5.32 Å². The van der Waals surface area contributed by atoms with Gasteiger partial charge in [-0.2, -0.15) is 0 Å². The SMILES string of the molecule is COC(=O)c1cc(OC)cc(C)c1NC(=O)C1([N+]2(CC(=O)OCc3ccccc3)CCCC2)CC1. The van der Waals surface area contributed by atoms with Gasteiger partial charge in [-0.05, 0) is 30.2 Å². The summed E-state index contributed by atoms with van der Waals surface area (Å²) in [6.07, 6.45) is 3.28. The van der Waals surface area contributed by atoms with Crippen LogP contribution in [0, 0.1) is 6.92 Å². The summed E-state index contributed by atoms with van der Waals surface area (Å²) in [6.45, 7) is 3.68. The maximum absolute atomic E-state index is 13.8. The number of hydrogen-bond acceptors (Lipinski definition) is 6. The monoisotopic (exact) mass is 481 g/mol. The molecular weight excluding hydrogens is 448 g/mol. The predicted octanol–water partition coefficient (Wildman–Crippen LogP) is 3.62. The van der Waals surface area contributed by atoms with E-state index in [9.17, 15) is 14.4 Å². The average molecular weight is 482 g/mol. The van der Waals surface area contributed by atoms with Crippen LogP contribution in [0.5, 0.6) is 5.75 Å². The second kappa shape index (κ2) is 10.1. The maximum atomic E-state index is 13.8. The van der Waals surface area contributed by atoms with Crippen molar-refractivity contribution in [1.29, 1.82) is 0 Å². The number of benzene rings is 2. The molecule has 2 aliphatic rings. The van der Waals surface area contributed by atoms with Gasteiger partial charge in [0.2, 0.25) is 0 Å². The molecule has 1 amide bonds. The number of ether oxygens (including phenoxy) is 3. The van der Waals surface area contributed by atoms with Gasteiger partial charge < -0.3 is 24.0 Å². The number of aryl methyl sites for hydroxylation is 1. The van der Waals surface area contributed by atoms with Crippen molar-refractivity contribution in [2.45, 2.75) is 44.8 Å². The van der Waals surface area contributed by atoms with Crippen molar-refractivity contribution >= 4 is 23.5 Å². The lowest BCUT2D eigenvalue weighted by Gasteiger charge is -2.40. The van der Waals surface area contributed by atoms with Crippen molar-refractivity contribution < 1.29 is 33.1 Å². The molecule has 8 heteroatoms. The summed E-state index contributed by atoms with van der Waals surface area (Å²) >= 11 is 0. The standard InChI is InChI=1S/C27H32N2O6/c1-19-15-21(33-2)16-22(25(31)34-3)24(19)28-26(32)27(11-12-27)29(13-7-8-14-29)17-23(30)35-18-20-9-5-4-6-10-20/h4-6,9-10,15-16H,7-8,11-14,17-18H2,1-3H3/p+1. The van der Waals surface area contributed by atoms with E-state index in [1.54, 1.807) is 12.1 Å². The highest BCUT2D eigenvalue weighted by atomic mass is 16.5. The zero-order valence-corrected chi connectivity index (χ0v) is 20.6. The highest BCUT2D eigenvalue weighted by Gasteiger charge is 2.67. The minimum absolute atomic E-state index is 0.158. The first-order valence-corrected chi connectivity index (χ1v) is 12.0. The van der Waals surface area contributed by atoms with Crippen LogP contribution in [0.2, 0.25) is 0 Å². The van der Waals surface area contributed by atoms with E-state index in [1.165, 1.54) is 14.2 Å². The molecule has 0 aromatic heterocycles. The van der Waals surface area contributed by atoms with Crippen molar-refractivity contribution in [3.8, 4) is 5.75 Å². The third-order valence-electron chi connectivity index (χ3n) is 7.34. The Morgan fingerprint density at radius 1 is 1.03 bits per heavy atom. The molecule has 1 N–H and O–H groups in total. The van der Waals surface area contributed by atoms with E-state index >= 15 is 0 Å². The van der Waals surface area contributed by atoms with Crippen LogP contribution in [-0.4, -0.2) is 61.7 Å². The number of nitrogens with zero attached hydrogens (tertiary/aromatic N) is 1. The molecule has 1 aliphatic carbocycles. The molecule has 0 radical (unpaired) electrons. The van der Waals surface area contributed by atoms with E-state index in [4.69, 9.17) is 14.2 Å². The number of rotatable bonds is 9. The van der Waals surface area contributed by atoms with Gasteiger partial charge in [0.25, 0.3) is 5.91 Å². The highest BCUT2D eigenvalue weighted by Crippen LogP contribution is 2.50. The number of hydrogen-bond donors (Lipinski definition) is 1. The maximum Gasteiger partial charge on any atom is 0.362 e. The van der Waals surface area contributed by atoms with Crippen molar-refractivity contribution in [2.24, 2.45) is 0 Å². The molecule has 4 rings (SSSR count). The van der Waals surface area contributed by atoms with Crippen molar-refractivity contribution in [2.75, 3.05) is 39.2 Å². The second-order valence-electron chi connectivity index (χ2n) is 9.45. The summed E-state index contributed by atoms with van der Waals surface area (Å²) < 4.78 is 16.2. The molecule has 1 saturated carbocycles. The zero-order chi connectivity index (χ0) is 25.1. The van der Waals surface area contributed by atoms with Crippen LogP contribution in [0.1, 0.15) is 47.2 Å². The minimum Gasteiger partial charge on any atom is -0.497 e. The Kier molecular flexibility index (Phi) is 7.12. The van der Waals surface area contributed by atoms with Gasteiger partial charge in [-0.25, -0.2) is 9.59 Å². The Bertz CT molecular complexity index is 1100. The number of amides is 1. The average Bonchev–Trinajstić information content (AvgIpc) is 3.57. The quantitative estimate of drug-likeness (QED) is 0.435. The molecule has 0 bridgehead atoms. The number of carbonyl (C=O) groups is 3. The van der Waals surface area contributed by atoms with Crippen molar-refractivity contribution in [3.63, 3.8) is 0 Å². The first-order valence-electron chi connectivity index (χ1n) is 12.0. The van der Waals surface area contributed by atoms with Crippen LogP contribution in [0.3, 0.4) is 0 Å². The molecular formula is C27H33N2O6+. The number of quaternary nitrogens is 1.